The molecular formula is C25H29N5OS. The largest absolute Gasteiger partial charge is 0.439 e. The molecule has 0 saturated carbocycles. The highest BCUT2D eigenvalue weighted by atomic mass is 32.1. The molecule has 0 atom stereocenters. The zero-order chi connectivity index (χ0) is 22.3. The van der Waals surface area contributed by atoms with E-state index in [1.807, 2.05) is 36.4 Å². The summed E-state index contributed by atoms with van der Waals surface area (Å²) in [7, 11) is 0. The third kappa shape index (κ3) is 6.17. The SMILES string of the molecule is Cc1ccc(CNC(=S)Nc2nc(Oc3ccccc3)cc(N3CCC(C)CC3)n2)cc1. The standard InChI is InChI=1S/C25H29N5OS/c1-18-8-10-20(11-9-18)17-26-25(32)29-24-27-22(30-14-12-19(2)13-15-30)16-23(28-24)31-21-6-4-3-5-7-21/h3-11,16,19H,12-15,17H2,1-2H3,(H2,26,27,28,29,32). The molecule has 0 aliphatic carbocycles. The number of hydrogen-bond donors (Lipinski definition) is 2. The molecule has 2 aromatic carbocycles. The van der Waals surface area contributed by atoms with E-state index in [2.05, 4.69) is 58.6 Å². The maximum atomic E-state index is 6.01. The van der Waals surface area contributed by atoms with Gasteiger partial charge in [0, 0.05) is 25.7 Å². The van der Waals surface area contributed by atoms with Crippen LogP contribution in [0.4, 0.5) is 11.8 Å². The molecule has 3 aromatic rings. The maximum absolute atomic E-state index is 6.01. The molecule has 1 saturated heterocycles. The third-order valence-corrected chi connectivity index (χ3v) is 5.81. The van der Waals surface area contributed by atoms with Crippen molar-refractivity contribution in [1.29, 1.82) is 0 Å². The zero-order valence-corrected chi connectivity index (χ0v) is 19.4. The molecule has 1 aromatic heterocycles. The van der Waals surface area contributed by atoms with Gasteiger partial charge in [-0.05, 0) is 55.6 Å². The fourth-order valence-electron chi connectivity index (χ4n) is 3.56. The molecule has 166 valence electrons. The zero-order valence-electron chi connectivity index (χ0n) is 18.5. The molecule has 4 rings (SSSR count). The van der Waals surface area contributed by atoms with Gasteiger partial charge in [0.25, 0.3) is 0 Å². The lowest BCUT2D eigenvalue weighted by molar-refractivity contribution is 0.434. The van der Waals surface area contributed by atoms with Gasteiger partial charge in [0.05, 0.1) is 0 Å². The van der Waals surface area contributed by atoms with E-state index in [9.17, 15) is 0 Å². The first kappa shape index (κ1) is 22.0. The fraction of sp³-hybridized carbons (Fsp3) is 0.320. The van der Waals surface area contributed by atoms with Crippen molar-refractivity contribution in [2.45, 2.75) is 33.2 Å². The first-order chi connectivity index (χ1) is 15.5. The predicted molar refractivity (Wildman–Crippen MR) is 133 cm³/mol. The van der Waals surface area contributed by atoms with Crippen LogP contribution in [0.1, 0.15) is 30.9 Å². The van der Waals surface area contributed by atoms with Crippen molar-refractivity contribution in [3.8, 4) is 11.6 Å². The molecule has 32 heavy (non-hydrogen) atoms. The smallest absolute Gasteiger partial charge is 0.234 e. The van der Waals surface area contributed by atoms with Crippen molar-refractivity contribution in [2.75, 3.05) is 23.3 Å². The molecule has 7 heteroatoms. The number of rotatable bonds is 6. The summed E-state index contributed by atoms with van der Waals surface area (Å²) in [6, 6.07) is 19.9. The van der Waals surface area contributed by atoms with Gasteiger partial charge in [-0.2, -0.15) is 9.97 Å². The van der Waals surface area contributed by atoms with Crippen LogP contribution in [0.15, 0.2) is 60.7 Å². The molecule has 0 amide bonds. The van der Waals surface area contributed by atoms with E-state index >= 15 is 0 Å². The van der Waals surface area contributed by atoms with Crippen molar-refractivity contribution in [2.24, 2.45) is 5.92 Å². The lowest BCUT2D eigenvalue weighted by atomic mass is 9.99. The van der Waals surface area contributed by atoms with Crippen LogP contribution in [-0.2, 0) is 6.54 Å². The molecule has 2 heterocycles. The average Bonchev–Trinajstić information content (AvgIpc) is 2.80. The van der Waals surface area contributed by atoms with Gasteiger partial charge in [-0.1, -0.05) is 55.0 Å². The number of hydrogen-bond acceptors (Lipinski definition) is 5. The third-order valence-electron chi connectivity index (χ3n) is 5.56. The van der Waals surface area contributed by atoms with Crippen molar-refractivity contribution in [1.82, 2.24) is 15.3 Å². The van der Waals surface area contributed by atoms with Crippen LogP contribution in [0.25, 0.3) is 0 Å². The first-order valence-corrected chi connectivity index (χ1v) is 11.4. The van der Waals surface area contributed by atoms with Crippen molar-refractivity contribution in [3.05, 3.63) is 71.8 Å². The number of benzene rings is 2. The van der Waals surface area contributed by atoms with Gasteiger partial charge in [-0.25, -0.2) is 0 Å². The number of ether oxygens (including phenoxy) is 1. The fourth-order valence-corrected chi connectivity index (χ4v) is 3.73. The first-order valence-electron chi connectivity index (χ1n) is 11.0. The number of aryl methyl sites for hydroxylation is 1. The average molecular weight is 448 g/mol. The van der Waals surface area contributed by atoms with E-state index in [0.29, 0.717) is 23.5 Å². The summed E-state index contributed by atoms with van der Waals surface area (Å²) in [4.78, 5) is 11.6. The molecule has 0 unspecified atom stereocenters. The quantitative estimate of drug-likeness (QED) is 0.497. The van der Waals surface area contributed by atoms with Crippen molar-refractivity contribution in [3.63, 3.8) is 0 Å². The van der Waals surface area contributed by atoms with Crippen molar-refractivity contribution >= 4 is 29.1 Å². The normalized spacial score (nSPS) is 14.1. The predicted octanol–water partition coefficient (Wildman–Crippen LogP) is 5.30. The minimum Gasteiger partial charge on any atom is -0.439 e. The summed E-state index contributed by atoms with van der Waals surface area (Å²) in [5.74, 6) is 3.23. The van der Waals surface area contributed by atoms with Crippen molar-refractivity contribution < 1.29 is 4.74 Å². The summed E-state index contributed by atoms with van der Waals surface area (Å²) in [5.41, 5.74) is 2.39. The van der Waals surface area contributed by atoms with E-state index in [1.165, 1.54) is 5.56 Å². The second-order valence-electron chi connectivity index (χ2n) is 8.27. The number of nitrogens with zero attached hydrogens (tertiary/aromatic N) is 3. The Morgan fingerprint density at radius 2 is 1.78 bits per heavy atom. The Bertz CT molecular complexity index is 1030. The van der Waals surface area contributed by atoms with Gasteiger partial charge in [0.15, 0.2) is 5.11 Å². The number of anilines is 2. The highest BCUT2D eigenvalue weighted by molar-refractivity contribution is 7.80. The lowest BCUT2D eigenvalue weighted by Gasteiger charge is -2.31. The van der Waals surface area contributed by atoms with Crippen LogP contribution in [0.2, 0.25) is 0 Å². The molecule has 6 nitrogen and oxygen atoms in total. The molecule has 0 spiro atoms. The van der Waals surface area contributed by atoms with Crippen LogP contribution in [0, 0.1) is 12.8 Å². The van der Waals surface area contributed by atoms with Gasteiger partial charge in [0.2, 0.25) is 11.8 Å². The molecule has 0 bridgehead atoms. The Hall–Kier alpha value is -3.19. The van der Waals surface area contributed by atoms with Crippen LogP contribution < -0.4 is 20.3 Å². The van der Waals surface area contributed by atoms with E-state index in [4.69, 9.17) is 21.9 Å². The Kier molecular flexibility index (Phi) is 7.17. The molecule has 1 aliphatic rings. The Morgan fingerprint density at radius 3 is 2.50 bits per heavy atom. The van der Waals surface area contributed by atoms with Crippen LogP contribution in [-0.4, -0.2) is 28.2 Å². The van der Waals surface area contributed by atoms with E-state index in [0.717, 1.165) is 49.0 Å². The van der Waals surface area contributed by atoms with E-state index in [-0.39, 0.29) is 0 Å². The number of para-hydroxylation sites is 1. The number of piperidine rings is 1. The summed E-state index contributed by atoms with van der Waals surface area (Å²) in [5, 5.41) is 6.83. The highest BCUT2D eigenvalue weighted by Gasteiger charge is 2.19. The summed E-state index contributed by atoms with van der Waals surface area (Å²) in [6.07, 6.45) is 2.30. The summed E-state index contributed by atoms with van der Waals surface area (Å²) >= 11 is 5.49. The second kappa shape index (κ2) is 10.4. The minimum atomic E-state index is 0.424. The summed E-state index contributed by atoms with van der Waals surface area (Å²) < 4.78 is 6.01. The molecule has 1 fully saturated rings. The monoisotopic (exact) mass is 447 g/mol. The van der Waals surface area contributed by atoms with E-state index < -0.39 is 0 Å². The van der Waals surface area contributed by atoms with Gasteiger partial charge in [-0.15, -0.1) is 0 Å². The minimum absolute atomic E-state index is 0.424. The molecular weight excluding hydrogens is 418 g/mol. The second-order valence-corrected chi connectivity index (χ2v) is 8.67. The molecule has 1 aliphatic heterocycles. The molecule has 0 radical (unpaired) electrons. The molecule has 2 N–H and O–H groups in total. The topological polar surface area (TPSA) is 62.3 Å². The highest BCUT2D eigenvalue weighted by Crippen LogP contribution is 2.27. The number of nitrogens with one attached hydrogen (secondary N) is 2. The van der Waals surface area contributed by atoms with Crippen LogP contribution in [0.3, 0.4) is 0 Å². The van der Waals surface area contributed by atoms with Crippen LogP contribution in [0.5, 0.6) is 11.6 Å². The lowest BCUT2D eigenvalue weighted by Crippen LogP contribution is -2.34. The van der Waals surface area contributed by atoms with Crippen LogP contribution >= 0.6 is 12.2 Å². The van der Waals surface area contributed by atoms with Gasteiger partial charge >= 0.3 is 0 Å². The van der Waals surface area contributed by atoms with E-state index in [1.54, 1.807) is 0 Å². The Morgan fingerprint density at radius 1 is 1.06 bits per heavy atom. The summed E-state index contributed by atoms with van der Waals surface area (Å²) in [6.45, 7) is 6.94. The number of thiocarbonyl (C=S) groups is 1. The van der Waals surface area contributed by atoms with Gasteiger partial charge < -0.3 is 20.3 Å². The maximum Gasteiger partial charge on any atom is 0.234 e. The van der Waals surface area contributed by atoms with Gasteiger partial charge in [-0.3, -0.25) is 0 Å². The Labute approximate surface area is 195 Å². The van der Waals surface area contributed by atoms with Gasteiger partial charge in [0.1, 0.15) is 11.6 Å². The number of aromatic nitrogens is 2. The Balaban J connectivity index is 1.48.